The third-order valence-electron chi connectivity index (χ3n) is 3.27. The van der Waals surface area contributed by atoms with Gasteiger partial charge in [-0.2, -0.15) is 10.4 Å². The molecule has 6 heteroatoms. The lowest BCUT2D eigenvalue weighted by Gasteiger charge is -2.05. The first-order valence-corrected chi connectivity index (χ1v) is 6.32. The maximum atomic E-state index is 8.98. The smallest absolute Gasteiger partial charge is 0.201 e. The molecule has 0 amide bonds. The number of hydrogen-bond acceptors (Lipinski definition) is 4. The van der Waals surface area contributed by atoms with Crippen molar-refractivity contribution in [3.05, 3.63) is 41.7 Å². The van der Waals surface area contributed by atoms with Crippen LogP contribution in [0.4, 0.5) is 5.95 Å². The average molecular weight is 266 g/mol. The molecule has 2 heterocycles. The molecule has 0 spiro atoms. The highest BCUT2D eigenvalue weighted by molar-refractivity contribution is 5.79. The topological polar surface area (TPSA) is 85.5 Å². The van der Waals surface area contributed by atoms with Crippen LogP contribution in [0, 0.1) is 11.3 Å². The van der Waals surface area contributed by atoms with Crippen LogP contribution in [0.3, 0.4) is 0 Å². The van der Waals surface area contributed by atoms with Crippen LogP contribution in [-0.4, -0.2) is 19.3 Å². The quantitative estimate of drug-likeness (QED) is 0.777. The fourth-order valence-electron chi connectivity index (χ4n) is 2.27. The number of nitriles is 1. The Morgan fingerprint density at radius 1 is 1.35 bits per heavy atom. The molecule has 2 aromatic heterocycles. The van der Waals surface area contributed by atoms with E-state index in [1.54, 1.807) is 10.7 Å². The number of fused-ring (bicyclic) bond motifs is 1. The lowest BCUT2D eigenvalue weighted by Crippen LogP contribution is -2.06. The molecule has 2 N–H and O–H groups in total. The first kappa shape index (κ1) is 12.2. The summed E-state index contributed by atoms with van der Waals surface area (Å²) in [6, 6.07) is 9.50. The standard InChI is InChI=1S/C14H14N6/c1-19-6-4-11(18-19)5-7-20-13-8-10(9-15)2-3-12(13)17-14(20)16/h2-4,6,8H,5,7H2,1H3,(H2,16,17). The van der Waals surface area contributed by atoms with Gasteiger partial charge in [-0.05, 0) is 24.3 Å². The minimum absolute atomic E-state index is 0.464. The van der Waals surface area contributed by atoms with Crippen molar-refractivity contribution in [3.63, 3.8) is 0 Å². The van der Waals surface area contributed by atoms with E-state index in [1.807, 2.05) is 36.0 Å². The summed E-state index contributed by atoms with van der Waals surface area (Å²) in [6.07, 6.45) is 2.69. The Kier molecular flexibility index (Phi) is 2.88. The van der Waals surface area contributed by atoms with Gasteiger partial charge in [0, 0.05) is 26.2 Å². The van der Waals surface area contributed by atoms with Crippen molar-refractivity contribution in [2.24, 2.45) is 7.05 Å². The van der Waals surface area contributed by atoms with Crippen LogP contribution in [0.5, 0.6) is 0 Å². The molecule has 0 aliphatic heterocycles. The zero-order valence-electron chi connectivity index (χ0n) is 11.1. The summed E-state index contributed by atoms with van der Waals surface area (Å²) < 4.78 is 3.70. The van der Waals surface area contributed by atoms with Gasteiger partial charge < -0.3 is 10.3 Å². The van der Waals surface area contributed by atoms with Crippen molar-refractivity contribution in [2.45, 2.75) is 13.0 Å². The summed E-state index contributed by atoms with van der Waals surface area (Å²) in [5, 5.41) is 13.3. The molecule has 100 valence electrons. The van der Waals surface area contributed by atoms with E-state index >= 15 is 0 Å². The van der Waals surface area contributed by atoms with Crippen LogP contribution in [0.1, 0.15) is 11.3 Å². The van der Waals surface area contributed by atoms with E-state index in [0.29, 0.717) is 18.1 Å². The number of nitrogen functional groups attached to an aromatic ring is 1. The van der Waals surface area contributed by atoms with Crippen molar-refractivity contribution >= 4 is 17.0 Å². The molecular weight excluding hydrogens is 252 g/mol. The molecule has 3 rings (SSSR count). The van der Waals surface area contributed by atoms with Gasteiger partial charge in [-0.25, -0.2) is 4.98 Å². The Morgan fingerprint density at radius 2 is 2.20 bits per heavy atom. The van der Waals surface area contributed by atoms with E-state index in [9.17, 15) is 0 Å². The second-order valence-electron chi connectivity index (χ2n) is 4.67. The number of nitrogens with zero attached hydrogens (tertiary/aromatic N) is 5. The predicted octanol–water partition coefficient (Wildman–Crippen LogP) is 1.47. The van der Waals surface area contributed by atoms with Crippen molar-refractivity contribution in [2.75, 3.05) is 5.73 Å². The van der Waals surface area contributed by atoms with Crippen LogP contribution in [-0.2, 0) is 20.0 Å². The van der Waals surface area contributed by atoms with Gasteiger partial charge in [0.15, 0.2) is 0 Å². The van der Waals surface area contributed by atoms with Gasteiger partial charge in [0.1, 0.15) is 0 Å². The van der Waals surface area contributed by atoms with E-state index in [2.05, 4.69) is 16.2 Å². The molecule has 0 aliphatic rings. The van der Waals surface area contributed by atoms with Gasteiger partial charge in [-0.1, -0.05) is 0 Å². The van der Waals surface area contributed by atoms with Gasteiger partial charge in [-0.3, -0.25) is 4.68 Å². The molecule has 0 bridgehead atoms. The van der Waals surface area contributed by atoms with Gasteiger partial charge in [0.2, 0.25) is 5.95 Å². The Labute approximate surface area is 116 Å². The Hall–Kier alpha value is -2.81. The molecule has 20 heavy (non-hydrogen) atoms. The summed E-state index contributed by atoms with van der Waals surface area (Å²) in [4.78, 5) is 4.31. The minimum Gasteiger partial charge on any atom is -0.369 e. The molecular formula is C14H14N6. The third kappa shape index (κ3) is 2.10. The minimum atomic E-state index is 0.464. The maximum absolute atomic E-state index is 8.98. The van der Waals surface area contributed by atoms with Crippen LogP contribution >= 0.6 is 0 Å². The molecule has 0 saturated carbocycles. The lowest BCUT2D eigenvalue weighted by molar-refractivity contribution is 0.683. The lowest BCUT2D eigenvalue weighted by atomic mass is 10.2. The highest BCUT2D eigenvalue weighted by Gasteiger charge is 2.09. The summed E-state index contributed by atoms with van der Waals surface area (Å²) in [5.41, 5.74) is 9.26. The summed E-state index contributed by atoms with van der Waals surface area (Å²) in [5.74, 6) is 0.464. The van der Waals surface area contributed by atoms with Gasteiger partial charge in [-0.15, -0.1) is 0 Å². The van der Waals surface area contributed by atoms with Crippen LogP contribution in [0.15, 0.2) is 30.5 Å². The molecule has 0 unspecified atom stereocenters. The van der Waals surface area contributed by atoms with Crippen molar-refractivity contribution in [1.29, 1.82) is 5.26 Å². The number of imidazole rings is 1. The Balaban J connectivity index is 1.94. The number of aromatic nitrogens is 4. The average Bonchev–Trinajstić information content (AvgIpc) is 2.98. The molecule has 3 aromatic rings. The monoisotopic (exact) mass is 266 g/mol. The largest absolute Gasteiger partial charge is 0.369 e. The van der Waals surface area contributed by atoms with E-state index in [4.69, 9.17) is 11.0 Å². The summed E-state index contributed by atoms with van der Waals surface area (Å²) in [6.45, 7) is 0.689. The van der Waals surface area contributed by atoms with Crippen LogP contribution < -0.4 is 5.73 Å². The SMILES string of the molecule is Cn1ccc(CCn2c(N)nc3ccc(C#N)cc32)n1. The zero-order valence-corrected chi connectivity index (χ0v) is 11.1. The predicted molar refractivity (Wildman–Crippen MR) is 75.8 cm³/mol. The second kappa shape index (κ2) is 4.70. The number of anilines is 1. The first-order chi connectivity index (χ1) is 9.67. The molecule has 6 nitrogen and oxygen atoms in total. The third-order valence-corrected chi connectivity index (χ3v) is 3.27. The van der Waals surface area contributed by atoms with Crippen molar-refractivity contribution in [3.8, 4) is 6.07 Å². The molecule has 0 radical (unpaired) electrons. The fraction of sp³-hybridized carbons (Fsp3) is 0.214. The van der Waals surface area contributed by atoms with E-state index in [1.165, 1.54) is 0 Å². The molecule has 0 fully saturated rings. The summed E-state index contributed by atoms with van der Waals surface area (Å²) >= 11 is 0. The molecule has 0 saturated heterocycles. The Morgan fingerprint density at radius 3 is 2.90 bits per heavy atom. The number of rotatable bonds is 3. The number of benzene rings is 1. The highest BCUT2D eigenvalue weighted by atomic mass is 15.2. The zero-order chi connectivity index (χ0) is 14.1. The normalized spacial score (nSPS) is 10.8. The molecule has 0 aliphatic carbocycles. The van der Waals surface area contributed by atoms with E-state index in [-0.39, 0.29) is 0 Å². The van der Waals surface area contributed by atoms with Gasteiger partial charge in [0.25, 0.3) is 0 Å². The van der Waals surface area contributed by atoms with Gasteiger partial charge in [0.05, 0.1) is 28.4 Å². The van der Waals surface area contributed by atoms with Crippen LogP contribution in [0.25, 0.3) is 11.0 Å². The maximum Gasteiger partial charge on any atom is 0.201 e. The number of nitrogens with two attached hydrogens (primary N) is 1. The number of hydrogen-bond donors (Lipinski definition) is 1. The number of aryl methyl sites for hydroxylation is 3. The van der Waals surface area contributed by atoms with Crippen molar-refractivity contribution in [1.82, 2.24) is 19.3 Å². The highest BCUT2D eigenvalue weighted by Crippen LogP contribution is 2.19. The summed E-state index contributed by atoms with van der Waals surface area (Å²) in [7, 11) is 1.89. The van der Waals surface area contributed by atoms with E-state index < -0.39 is 0 Å². The van der Waals surface area contributed by atoms with E-state index in [0.717, 1.165) is 23.1 Å². The molecule has 1 aromatic carbocycles. The fourth-order valence-corrected chi connectivity index (χ4v) is 2.27. The Bertz CT molecular complexity index is 805. The van der Waals surface area contributed by atoms with Crippen molar-refractivity contribution < 1.29 is 0 Å². The first-order valence-electron chi connectivity index (χ1n) is 6.32. The molecule has 0 atom stereocenters. The van der Waals surface area contributed by atoms with Gasteiger partial charge >= 0.3 is 0 Å². The van der Waals surface area contributed by atoms with Crippen LogP contribution in [0.2, 0.25) is 0 Å². The second-order valence-corrected chi connectivity index (χ2v) is 4.67.